The highest BCUT2D eigenvalue weighted by Gasteiger charge is 2.43. The van der Waals surface area contributed by atoms with Gasteiger partial charge in [-0.15, -0.1) is 0 Å². The molecule has 5 rings (SSSR count). The van der Waals surface area contributed by atoms with Crippen LogP contribution in [0.25, 0.3) is 5.65 Å². The number of anilines is 2. The number of aromatic nitrogens is 3. The standard InChI is InChI=1S/C24H16ClF4N5O3/c25-14-7-15(21(24(27,28)29)30-16-5-6-17(26)31-20(16)23(36)37)22-32-18(8-19(35)34(22)11-14)33-9-12-3-1-2-4-13(12)10-33/h1-8,11,21,30H,9-10H2,(H,36,37)/t21-/m0/s1. The minimum Gasteiger partial charge on any atom is -0.476 e. The minimum absolute atomic E-state index is 0.167. The van der Waals surface area contributed by atoms with Crippen LogP contribution in [0.15, 0.2) is 59.5 Å². The van der Waals surface area contributed by atoms with E-state index in [-0.39, 0.29) is 16.5 Å². The number of pyridine rings is 2. The Balaban J connectivity index is 1.65. The molecule has 0 saturated carbocycles. The van der Waals surface area contributed by atoms with Gasteiger partial charge in [0.15, 0.2) is 11.7 Å². The second-order valence-corrected chi connectivity index (χ2v) is 8.78. The van der Waals surface area contributed by atoms with E-state index in [4.69, 9.17) is 11.6 Å². The van der Waals surface area contributed by atoms with E-state index in [0.29, 0.717) is 13.1 Å². The quantitative estimate of drug-likeness (QED) is 0.280. The van der Waals surface area contributed by atoms with E-state index in [2.05, 4.69) is 15.3 Å². The first-order chi connectivity index (χ1) is 17.5. The third kappa shape index (κ3) is 4.67. The number of alkyl halides is 3. The van der Waals surface area contributed by atoms with Crippen LogP contribution in [0.4, 0.5) is 29.1 Å². The number of hydrogen-bond acceptors (Lipinski definition) is 6. The van der Waals surface area contributed by atoms with Gasteiger partial charge in [-0.2, -0.15) is 17.6 Å². The first kappa shape index (κ1) is 24.5. The smallest absolute Gasteiger partial charge is 0.412 e. The molecule has 0 amide bonds. The normalized spacial score (nSPS) is 14.0. The highest BCUT2D eigenvalue weighted by molar-refractivity contribution is 6.30. The first-order valence-corrected chi connectivity index (χ1v) is 11.2. The summed E-state index contributed by atoms with van der Waals surface area (Å²) >= 11 is 6.07. The van der Waals surface area contributed by atoms with Gasteiger partial charge in [-0.3, -0.25) is 9.20 Å². The molecular formula is C24H16ClF4N5O3. The molecule has 0 radical (unpaired) electrons. The van der Waals surface area contributed by atoms with Crippen molar-refractivity contribution < 1.29 is 27.5 Å². The van der Waals surface area contributed by atoms with Crippen molar-refractivity contribution in [2.24, 2.45) is 0 Å². The summed E-state index contributed by atoms with van der Waals surface area (Å²) in [5.41, 5.74) is -1.04. The number of rotatable bonds is 5. The van der Waals surface area contributed by atoms with Gasteiger partial charge in [-0.25, -0.2) is 14.8 Å². The lowest BCUT2D eigenvalue weighted by molar-refractivity contribution is -0.143. The number of hydrogen-bond donors (Lipinski definition) is 2. The van der Waals surface area contributed by atoms with Gasteiger partial charge in [0, 0.05) is 30.9 Å². The topological polar surface area (TPSA) is 99.8 Å². The monoisotopic (exact) mass is 533 g/mol. The van der Waals surface area contributed by atoms with E-state index < -0.39 is 46.6 Å². The van der Waals surface area contributed by atoms with Crippen LogP contribution in [0, 0.1) is 5.95 Å². The second-order valence-electron chi connectivity index (χ2n) is 8.34. The Morgan fingerprint density at radius 2 is 1.76 bits per heavy atom. The zero-order valence-corrected chi connectivity index (χ0v) is 19.4. The molecule has 37 heavy (non-hydrogen) atoms. The van der Waals surface area contributed by atoms with Gasteiger partial charge in [0.1, 0.15) is 11.5 Å². The highest BCUT2D eigenvalue weighted by Crippen LogP contribution is 2.39. The summed E-state index contributed by atoms with van der Waals surface area (Å²) in [6, 6.07) is 8.75. The summed E-state index contributed by atoms with van der Waals surface area (Å²) in [5.74, 6) is -2.74. The SMILES string of the molecule is O=C(O)c1nc(F)ccc1N[C@@H](c1cc(Cl)cn2c(=O)cc(N3Cc4ccccc4C3)nc12)C(F)(F)F. The van der Waals surface area contributed by atoms with E-state index >= 15 is 0 Å². The van der Waals surface area contributed by atoms with Gasteiger partial charge in [0.2, 0.25) is 5.95 Å². The van der Waals surface area contributed by atoms with Crippen LogP contribution in [0.1, 0.15) is 33.2 Å². The fraction of sp³-hybridized carbons (Fsp3) is 0.167. The average molecular weight is 534 g/mol. The van der Waals surface area contributed by atoms with Crippen LogP contribution in [0.3, 0.4) is 0 Å². The molecule has 0 unspecified atom stereocenters. The molecule has 1 atom stereocenters. The fourth-order valence-electron chi connectivity index (χ4n) is 4.26. The molecule has 190 valence electrons. The van der Waals surface area contributed by atoms with E-state index in [1.165, 1.54) is 6.07 Å². The van der Waals surface area contributed by atoms with Gasteiger partial charge < -0.3 is 15.3 Å². The molecule has 4 heterocycles. The van der Waals surface area contributed by atoms with Gasteiger partial charge in [-0.1, -0.05) is 35.9 Å². The summed E-state index contributed by atoms with van der Waals surface area (Å²) in [6.45, 7) is 0.817. The molecule has 0 spiro atoms. The van der Waals surface area contributed by atoms with Crippen molar-refractivity contribution in [1.82, 2.24) is 14.4 Å². The molecule has 1 aromatic carbocycles. The van der Waals surface area contributed by atoms with Crippen molar-refractivity contribution in [2.45, 2.75) is 25.3 Å². The molecule has 2 N–H and O–H groups in total. The van der Waals surface area contributed by atoms with Crippen molar-refractivity contribution in [1.29, 1.82) is 0 Å². The Hall–Kier alpha value is -4.19. The van der Waals surface area contributed by atoms with Gasteiger partial charge in [0.25, 0.3) is 5.56 Å². The predicted octanol–water partition coefficient (Wildman–Crippen LogP) is 4.82. The number of carboxylic acid groups (broad SMARTS) is 1. The largest absolute Gasteiger partial charge is 0.476 e. The number of fused-ring (bicyclic) bond motifs is 2. The lowest BCUT2D eigenvalue weighted by atomic mass is 10.1. The number of halogens is 5. The van der Waals surface area contributed by atoms with Crippen LogP contribution >= 0.6 is 11.6 Å². The van der Waals surface area contributed by atoms with Crippen molar-refractivity contribution in [3.63, 3.8) is 0 Å². The maximum atomic E-state index is 14.4. The van der Waals surface area contributed by atoms with E-state index in [1.54, 1.807) is 4.90 Å². The van der Waals surface area contributed by atoms with Gasteiger partial charge in [-0.05, 0) is 29.3 Å². The lowest BCUT2D eigenvalue weighted by Crippen LogP contribution is -2.31. The third-order valence-corrected chi connectivity index (χ3v) is 6.12. The van der Waals surface area contributed by atoms with Gasteiger partial charge >= 0.3 is 12.1 Å². The van der Waals surface area contributed by atoms with Crippen LogP contribution in [0.2, 0.25) is 5.02 Å². The van der Waals surface area contributed by atoms with Crippen LogP contribution in [-0.4, -0.2) is 31.6 Å². The molecule has 4 aromatic rings. The maximum absolute atomic E-state index is 14.4. The molecule has 1 aliphatic heterocycles. The zero-order valence-electron chi connectivity index (χ0n) is 18.6. The molecule has 0 bridgehead atoms. The Bertz CT molecular complexity index is 1580. The second kappa shape index (κ2) is 9.04. The van der Waals surface area contributed by atoms with Crippen LogP contribution in [-0.2, 0) is 13.1 Å². The van der Waals surface area contributed by atoms with Crippen LogP contribution < -0.4 is 15.8 Å². The minimum atomic E-state index is -5.01. The summed E-state index contributed by atoms with van der Waals surface area (Å²) in [4.78, 5) is 33.8. The zero-order chi connectivity index (χ0) is 26.5. The lowest BCUT2D eigenvalue weighted by Gasteiger charge is -2.25. The van der Waals surface area contributed by atoms with Crippen molar-refractivity contribution in [3.05, 3.63) is 98.4 Å². The molecule has 0 saturated heterocycles. The van der Waals surface area contributed by atoms with Crippen molar-refractivity contribution in [2.75, 3.05) is 10.2 Å². The fourth-order valence-corrected chi connectivity index (χ4v) is 4.47. The third-order valence-electron chi connectivity index (χ3n) is 5.91. The first-order valence-electron chi connectivity index (χ1n) is 10.8. The summed E-state index contributed by atoms with van der Waals surface area (Å²) < 4.78 is 57.5. The highest BCUT2D eigenvalue weighted by atomic mass is 35.5. The van der Waals surface area contributed by atoms with Crippen molar-refractivity contribution >= 4 is 34.7 Å². The average Bonchev–Trinajstić information content (AvgIpc) is 3.27. The summed E-state index contributed by atoms with van der Waals surface area (Å²) in [7, 11) is 0. The Morgan fingerprint density at radius 1 is 1.08 bits per heavy atom. The van der Waals surface area contributed by atoms with E-state index in [9.17, 15) is 32.3 Å². The molecule has 1 aliphatic rings. The summed E-state index contributed by atoms with van der Waals surface area (Å²) in [5, 5.41) is 11.2. The molecule has 13 heteroatoms. The molecule has 0 fully saturated rings. The number of nitrogens with zero attached hydrogens (tertiary/aromatic N) is 4. The molecule has 3 aromatic heterocycles. The predicted molar refractivity (Wildman–Crippen MR) is 126 cm³/mol. The number of benzene rings is 1. The molecule has 0 aliphatic carbocycles. The molecule has 8 nitrogen and oxygen atoms in total. The number of nitrogens with one attached hydrogen (secondary N) is 1. The maximum Gasteiger partial charge on any atom is 0.412 e. The Labute approximate surface area is 210 Å². The van der Waals surface area contributed by atoms with Gasteiger partial charge in [0.05, 0.1) is 10.7 Å². The number of carbonyl (C=O) groups is 1. The molecular weight excluding hydrogens is 518 g/mol. The Morgan fingerprint density at radius 3 is 2.38 bits per heavy atom. The van der Waals surface area contributed by atoms with E-state index in [1.807, 2.05) is 24.3 Å². The summed E-state index contributed by atoms with van der Waals surface area (Å²) in [6.07, 6.45) is -3.86. The van der Waals surface area contributed by atoms with Crippen molar-refractivity contribution in [3.8, 4) is 0 Å². The number of carboxylic acids is 1. The van der Waals surface area contributed by atoms with Crippen LogP contribution in [0.5, 0.6) is 0 Å². The van der Waals surface area contributed by atoms with E-state index in [0.717, 1.165) is 39.9 Å². The number of aromatic carboxylic acids is 1. The Kier molecular flexibility index (Phi) is 5.98.